The highest BCUT2D eigenvalue weighted by molar-refractivity contribution is 8.00. The molecule has 1 saturated heterocycles. The second-order valence-electron chi connectivity index (χ2n) is 7.33. The van der Waals surface area contributed by atoms with Gasteiger partial charge in [-0.3, -0.25) is 0 Å². The molecule has 1 aromatic rings. The first kappa shape index (κ1) is 20.4. The summed E-state index contributed by atoms with van der Waals surface area (Å²) in [6.07, 6.45) is 4.15. The number of benzene rings is 1. The van der Waals surface area contributed by atoms with Crippen LogP contribution in [0.4, 0.5) is 11.4 Å². The fourth-order valence-electron chi connectivity index (χ4n) is 2.48. The van der Waals surface area contributed by atoms with Crippen molar-refractivity contribution in [1.82, 2.24) is 4.72 Å². The third-order valence-corrected chi connectivity index (χ3v) is 7.56. The maximum Gasteiger partial charge on any atom is 0.216 e. The summed E-state index contributed by atoms with van der Waals surface area (Å²) in [4.78, 5) is 0. The molecule has 0 bridgehead atoms. The Balaban J connectivity index is 1.59. The zero-order valence-electron chi connectivity index (χ0n) is 15.5. The Morgan fingerprint density at radius 3 is 2.36 bits per heavy atom. The first-order chi connectivity index (χ1) is 11.8. The topological polar surface area (TPSA) is 61.4 Å². The summed E-state index contributed by atoms with van der Waals surface area (Å²) < 4.78 is 28.1. The first-order valence-electron chi connectivity index (χ1n) is 9.03. The summed E-state index contributed by atoms with van der Waals surface area (Å²) in [5.41, 5.74) is 2.42. The van der Waals surface area contributed by atoms with E-state index >= 15 is 0 Å². The van der Waals surface area contributed by atoms with Gasteiger partial charge in [0.15, 0.2) is 0 Å². The molecule has 0 unspecified atom stereocenters. The molecular weight excluding hydrogens is 354 g/mol. The molecule has 1 aromatic carbocycles. The molecule has 2 rings (SSSR count). The van der Waals surface area contributed by atoms with Crippen molar-refractivity contribution in [3.63, 3.8) is 0 Å². The number of anilines is 2. The first-order valence-corrected chi connectivity index (χ1v) is 11.5. The Morgan fingerprint density at radius 2 is 1.76 bits per heavy atom. The van der Waals surface area contributed by atoms with E-state index in [1.807, 2.05) is 11.9 Å². The van der Waals surface area contributed by atoms with Crippen molar-refractivity contribution in [2.45, 2.75) is 51.2 Å². The lowest BCUT2D eigenvalue weighted by molar-refractivity contribution is 0.540. The van der Waals surface area contributed by atoms with Crippen LogP contribution < -0.4 is 14.3 Å². The van der Waals surface area contributed by atoms with Gasteiger partial charge in [-0.1, -0.05) is 6.42 Å². The van der Waals surface area contributed by atoms with Crippen LogP contribution in [0.3, 0.4) is 0 Å². The summed E-state index contributed by atoms with van der Waals surface area (Å²) in [6, 6.07) is 8.60. The molecule has 7 heteroatoms. The summed E-state index contributed by atoms with van der Waals surface area (Å²) in [5, 5.41) is 3.43. The number of unbranched alkanes of at least 4 members (excludes halogenated alkanes) is 2. The molecule has 0 atom stereocenters. The van der Waals surface area contributed by atoms with Crippen LogP contribution in [0.1, 0.15) is 46.5 Å². The standard InChI is InChI=1S/C18H31N3O2S2/c1-18(2,3)25(22,23)20-13-6-4-5-12-19-16-8-10-17(11-9-16)21-14-7-15-24-21/h8-11,19-20H,4-7,12-15H2,1-3H3. The normalized spacial score (nSPS) is 15.6. The van der Waals surface area contributed by atoms with Crippen LogP contribution >= 0.6 is 11.9 Å². The number of nitrogens with zero attached hydrogens (tertiary/aromatic N) is 1. The Labute approximate surface area is 157 Å². The molecule has 1 aliphatic rings. The molecule has 0 aliphatic carbocycles. The maximum absolute atomic E-state index is 11.9. The number of nitrogens with one attached hydrogen (secondary N) is 2. The zero-order valence-corrected chi connectivity index (χ0v) is 17.2. The van der Waals surface area contributed by atoms with Gasteiger partial charge in [-0.15, -0.1) is 0 Å². The van der Waals surface area contributed by atoms with Gasteiger partial charge in [0.25, 0.3) is 0 Å². The van der Waals surface area contributed by atoms with Crippen molar-refractivity contribution in [2.75, 3.05) is 35.0 Å². The van der Waals surface area contributed by atoms with Crippen molar-refractivity contribution in [1.29, 1.82) is 0 Å². The third-order valence-electron chi connectivity index (χ3n) is 4.19. The summed E-state index contributed by atoms with van der Waals surface area (Å²) >= 11 is 1.90. The highest BCUT2D eigenvalue weighted by Crippen LogP contribution is 2.29. The molecule has 0 spiro atoms. The number of hydrogen-bond donors (Lipinski definition) is 2. The maximum atomic E-state index is 11.9. The van der Waals surface area contributed by atoms with Crippen molar-refractivity contribution in [3.8, 4) is 0 Å². The van der Waals surface area contributed by atoms with E-state index in [4.69, 9.17) is 0 Å². The molecule has 1 heterocycles. The lowest BCUT2D eigenvalue weighted by Crippen LogP contribution is -2.39. The molecule has 0 radical (unpaired) electrons. The van der Waals surface area contributed by atoms with Gasteiger partial charge in [0, 0.05) is 36.8 Å². The van der Waals surface area contributed by atoms with Gasteiger partial charge in [-0.25, -0.2) is 13.1 Å². The number of rotatable bonds is 9. The second kappa shape index (κ2) is 9.14. The van der Waals surface area contributed by atoms with Crippen LogP contribution in [0, 0.1) is 0 Å². The van der Waals surface area contributed by atoms with E-state index in [-0.39, 0.29) is 0 Å². The molecule has 25 heavy (non-hydrogen) atoms. The lowest BCUT2D eigenvalue weighted by atomic mass is 10.2. The third kappa shape index (κ3) is 6.38. The molecule has 2 N–H and O–H groups in total. The summed E-state index contributed by atoms with van der Waals surface area (Å²) in [5.74, 6) is 1.21. The van der Waals surface area contributed by atoms with Crippen LogP contribution in [0.5, 0.6) is 0 Å². The molecular formula is C18H31N3O2S2. The van der Waals surface area contributed by atoms with E-state index in [2.05, 4.69) is 38.6 Å². The smallest absolute Gasteiger partial charge is 0.216 e. The minimum atomic E-state index is -3.22. The van der Waals surface area contributed by atoms with Gasteiger partial charge in [0.05, 0.1) is 4.75 Å². The summed E-state index contributed by atoms with van der Waals surface area (Å²) in [6.45, 7) is 7.70. The average molecular weight is 386 g/mol. The molecule has 1 fully saturated rings. The van der Waals surface area contributed by atoms with E-state index in [1.54, 1.807) is 20.8 Å². The molecule has 5 nitrogen and oxygen atoms in total. The highest BCUT2D eigenvalue weighted by atomic mass is 32.2. The van der Waals surface area contributed by atoms with E-state index in [9.17, 15) is 8.42 Å². The van der Waals surface area contributed by atoms with Gasteiger partial charge in [-0.2, -0.15) is 0 Å². The van der Waals surface area contributed by atoms with Crippen molar-refractivity contribution in [2.24, 2.45) is 0 Å². The van der Waals surface area contributed by atoms with Crippen LogP contribution in [0.2, 0.25) is 0 Å². The minimum absolute atomic E-state index is 0.516. The monoisotopic (exact) mass is 385 g/mol. The quantitative estimate of drug-likeness (QED) is 0.499. The average Bonchev–Trinajstić information content (AvgIpc) is 3.08. The van der Waals surface area contributed by atoms with Crippen LogP contribution in [0.25, 0.3) is 0 Å². The molecule has 142 valence electrons. The van der Waals surface area contributed by atoms with Gasteiger partial charge in [0.2, 0.25) is 10.0 Å². The molecule has 0 aromatic heterocycles. The SMILES string of the molecule is CC(C)(C)S(=O)(=O)NCCCCCNc1ccc(N2CCCS2)cc1. The van der Waals surface area contributed by atoms with E-state index in [1.165, 1.54) is 17.9 Å². The fourth-order valence-corrected chi connectivity index (χ4v) is 4.33. The minimum Gasteiger partial charge on any atom is -0.385 e. The lowest BCUT2D eigenvalue weighted by Gasteiger charge is -2.19. The predicted octanol–water partition coefficient (Wildman–Crippen LogP) is 3.85. The van der Waals surface area contributed by atoms with E-state index < -0.39 is 14.8 Å². The predicted molar refractivity (Wildman–Crippen MR) is 110 cm³/mol. The Bertz CT molecular complexity index is 619. The zero-order chi connectivity index (χ0) is 18.3. The Hall–Kier alpha value is -0.920. The van der Waals surface area contributed by atoms with Crippen LogP contribution in [-0.4, -0.2) is 38.6 Å². The largest absolute Gasteiger partial charge is 0.385 e. The second-order valence-corrected chi connectivity index (χ2v) is 11.0. The van der Waals surface area contributed by atoms with Crippen molar-refractivity contribution in [3.05, 3.63) is 24.3 Å². The van der Waals surface area contributed by atoms with Gasteiger partial charge in [-0.05, 0) is 76.2 Å². The van der Waals surface area contributed by atoms with Crippen molar-refractivity contribution >= 4 is 33.3 Å². The van der Waals surface area contributed by atoms with Crippen molar-refractivity contribution < 1.29 is 8.42 Å². The molecule has 0 amide bonds. The number of sulfonamides is 1. The fraction of sp³-hybridized carbons (Fsp3) is 0.667. The van der Waals surface area contributed by atoms with E-state index in [0.29, 0.717) is 6.54 Å². The van der Waals surface area contributed by atoms with Crippen LogP contribution in [-0.2, 0) is 10.0 Å². The Kier molecular flexibility index (Phi) is 7.46. The molecule has 1 aliphatic heterocycles. The van der Waals surface area contributed by atoms with Gasteiger partial charge >= 0.3 is 0 Å². The Morgan fingerprint density at radius 1 is 1.08 bits per heavy atom. The highest BCUT2D eigenvalue weighted by Gasteiger charge is 2.27. The number of hydrogen-bond acceptors (Lipinski definition) is 5. The van der Waals surface area contributed by atoms with Gasteiger partial charge < -0.3 is 9.62 Å². The van der Waals surface area contributed by atoms with Crippen LogP contribution in [0.15, 0.2) is 24.3 Å². The summed E-state index contributed by atoms with van der Waals surface area (Å²) in [7, 11) is -3.22. The van der Waals surface area contributed by atoms with Gasteiger partial charge in [0.1, 0.15) is 0 Å². The van der Waals surface area contributed by atoms with E-state index in [0.717, 1.165) is 38.0 Å². The molecule has 0 saturated carbocycles.